The Morgan fingerprint density at radius 1 is 0.744 bits per heavy atom. The standard InChI is InChI=1S/C17H24ClNO2.C9H20N2.C7H5ClO3/c1-16(2)9-11(10-17(3,4)19-16)7-15(21)12-5-6-14(20)13(18)8-12;1-8(2)5-7(10)6-9(3,4)11-8;8-5-3-4(7(10)11)1-2-6(5)9/h5-6,8,11,19-20H,7,9-10H2,1-4H3;7,11H,5-6,10H2,1-4H3;1-3,9H,(H,10,11). The molecule has 2 fully saturated rings. The number of carboxylic acids is 1. The second-order valence-corrected chi connectivity index (χ2v) is 15.3. The molecule has 0 saturated carbocycles. The summed E-state index contributed by atoms with van der Waals surface area (Å²) in [5.74, 6) is -0.715. The molecule has 0 spiro atoms. The van der Waals surface area contributed by atoms with Crippen LogP contribution >= 0.6 is 23.2 Å². The summed E-state index contributed by atoms with van der Waals surface area (Å²) < 4.78 is 0. The number of piperidine rings is 2. The first-order valence-corrected chi connectivity index (χ1v) is 15.3. The van der Waals surface area contributed by atoms with Gasteiger partial charge in [-0.05, 0) is 123 Å². The van der Waals surface area contributed by atoms with Crippen LogP contribution in [0.25, 0.3) is 0 Å². The predicted octanol–water partition coefficient (Wildman–Crippen LogP) is 7.17. The Bertz CT molecular complexity index is 1260. The van der Waals surface area contributed by atoms with E-state index in [4.69, 9.17) is 39.1 Å². The van der Waals surface area contributed by atoms with E-state index in [1.807, 2.05) is 0 Å². The maximum absolute atomic E-state index is 12.4. The molecule has 2 aliphatic heterocycles. The van der Waals surface area contributed by atoms with Gasteiger partial charge in [-0.25, -0.2) is 4.79 Å². The molecule has 2 aromatic rings. The van der Waals surface area contributed by atoms with Crippen molar-refractivity contribution in [3.05, 3.63) is 57.6 Å². The predicted molar refractivity (Wildman–Crippen MR) is 175 cm³/mol. The summed E-state index contributed by atoms with van der Waals surface area (Å²) in [5.41, 5.74) is 7.09. The van der Waals surface area contributed by atoms with Crippen LogP contribution in [0.2, 0.25) is 10.0 Å². The van der Waals surface area contributed by atoms with Crippen molar-refractivity contribution in [2.24, 2.45) is 11.7 Å². The van der Waals surface area contributed by atoms with E-state index in [-0.39, 0.29) is 55.0 Å². The van der Waals surface area contributed by atoms with E-state index < -0.39 is 5.97 Å². The fraction of sp³-hybridized carbons (Fsp3) is 0.576. The van der Waals surface area contributed by atoms with Crippen molar-refractivity contribution in [2.75, 3.05) is 0 Å². The number of benzene rings is 2. The van der Waals surface area contributed by atoms with Crippen LogP contribution in [-0.2, 0) is 0 Å². The minimum atomic E-state index is -1.06. The molecular formula is C33H49Cl2N3O5. The van der Waals surface area contributed by atoms with E-state index in [9.17, 15) is 14.7 Å². The monoisotopic (exact) mass is 637 g/mol. The Morgan fingerprint density at radius 3 is 1.49 bits per heavy atom. The molecule has 240 valence electrons. The number of phenolic OH excluding ortho intramolecular Hbond substituents is 2. The number of hydrogen-bond donors (Lipinski definition) is 6. The fourth-order valence-electron chi connectivity index (χ4n) is 6.78. The maximum atomic E-state index is 12.4. The number of ketones is 1. The van der Waals surface area contributed by atoms with E-state index in [1.54, 1.807) is 12.1 Å². The van der Waals surface area contributed by atoms with Crippen molar-refractivity contribution in [3.63, 3.8) is 0 Å². The van der Waals surface area contributed by atoms with Gasteiger partial charge >= 0.3 is 5.97 Å². The van der Waals surface area contributed by atoms with Gasteiger partial charge < -0.3 is 31.7 Å². The number of carboxylic acid groups (broad SMARTS) is 1. The number of rotatable bonds is 4. The Morgan fingerprint density at radius 2 is 1.12 bits per heavy atom. The molecule has 0 aliphatic carbocycles. The van der Waals surface area contributed by atoms with Crippen LogP contribution in [-0.4, -0.2) is 55.3 Å². The number of carbonyl (C=O) groups is 2. The Hall–Kier alpha value is -2.36. The first kappa shape index (κ1) is 36.8. The van der Waals surface area contributed by atoms with Crippen molar-refractivity contribution in [1.82, 2.24) is 10.6 Å². The van der Waals surface area contributed by atoms with Gasteiger partial charge in [0.2, 0.25) is 0 Å². The molecule has 43 heavy (non-hydrogen) atoms. The van der Waals surface area contributed by atoms with Gasteiger partial charge in [0.05, 0.1) is 15.6 Å². The molecule has 7 N–H and O–H groups in total. The summed E-state index contributed by atoms with van der Waals surface area (Å²) in [6.45, 7) is 17.6. The maximum Gasteiger partial charge on any atom is 0.335 e. The molecule has 2 aromatic carbocycles. The van der Waals surface area contributed by atoms with E-state index in [0.717, 1.165) is 25.7 Å². The molecular weight excluding hydrogens is 589 g/mol. The molecule has 0 atom stereocenters. The molecule has 2 saturated heterocycles. The third-order valence-corrected chi connectivity index (χ3v) is 8.04. The van der Waals surface area contributed by atoms with Gasteiger partial charge in [0.1, 0.15) is 11.5 Å². The number of hydrogen-bond acceptors (Lipinski definition) is 7. The van der Waals surface area contributed by atoms with Crippen LogP contribution < -0.4 is 16.4 Å². The minimum Gasteiger partial charge on any atom is -0.506 e. The number of nitrogens with one attached hydrogen (secondary N) is 2. The first-order chi connectivity index (χ1) is 19.5. The number of aromatic hydroxyl groups is 2. The van der Waals surface area contributed by atoms with Gasteiger partial charge in [-0.3, -0.25) is 4.79 Å². The van der Waals surface area contributed by atoms with Crippen molar-refractivity contribution in [2.45, 2.75) is 116 Å². The summed E-state index contributed by atoms with van der Waals surface area (Å²) >= 11 is 11.3. The van der Waals surface area contributed by atoms with E-state index in [2.05, 4.69) is 66.0 Å². The minimum absolute atomic E-state index is 0.0114. The molecule has 2 aliphatic rings. The topological polar surface area (TPSA) is 145 Å². The van der Waals surface area contributed by atoms with Crippen molar-refractivity contribution >= 4 is 35.0 Å². The largest absolute Gasteiger partial charge is 0.506 e. The molecule has 2 heterocycles. The van der Waals surface area contributed by atoms with Crippen LogP contribution in [0.5, 0.6) is 11.5 Å². The second kappa shape index (κ2) is 14.2. The Kier molecular flexibility index (Phi) is 12.1. The fourth-order valence-corrected chi connectivity index (χ4v) is 7.14. The van der Waals surface area contributed by atoms with Crippen LogP contribution in [0.1, 0.15) is 108 Å². The molecule has 0 amide bonds. The van der Waals surface area contributed by atoms with Gasteiger partial charge in [-0.15, -0.1) is 0 Å². The van der Waals surface area contributed by atoms with Crippen molar-refractivity contribution in [1.29, 1.82) is 0 Å². The zero-order valence-electron chi connectivity index (χ0n) is 26.6. The van der Waals surface area contributed by atoms with Gasteiger partial charge in [0.25, 0.3) is 0 Å². The number of halogens is 2. The summed E-state index contributed by atoms with van der Waals surface area (Å²) in [7, 11) is 0. The Balaban J connectivity index is 0.000000247. The number of aromatic carboxylic acids is 1. The normalized spacial score (nSPS) is 20.5. The highest BCUT2D eigenvalue weighted by Crippen LogP contribution is 2.36. The van der Waals surface area contributed by atoms with Gasteiger partial charge in [-0.1, -0.05) is 23.2 Å². The number of phenols is 2. The molecule has 0 aromatic heterocycles. The smallest absolute Gasteiger partial charge is 0.335 e. The zero-order valence-corrected chi connectivity index (χ0v) is 28.2. The molecule has 0 unspecified atom stereocenters. The van der Waals surface area contributed by atoms with Crippen LogP contribution in [0.4, 0.5) is 0 Å². The third-order valence-electron chi connectivity index (χ3n) is 7.43. The molecule has 0 bridgehead atoms. The SMILES string of the molecule is CC1(C)CC(CC(=O)c2ccc(O)c(Cl)c2)CC(C)(C)N1.CC1(C)CC(N)CC(C)(C)N1.O=C(O)c1ccc(O)c(Cl)c1. The number of carbonyl (C=O) groups excluding carboxylic acids is 1. The number of Topliss-reactive ketones (excluding diaryl/α,β-unsaturated/α-hetero) is 1. The van der Waals surface area contributed by atoms with Gasteiger partial charge in [0, 0.05) is 40.2 Å². The zero-order chi connectivity index (χ0) is 33.0. The van der Waals surface area contributed by atoms with E-state index >= 15 is 0 Å². The average molecular weight is 639 g/mol. The summed E-state index contributed by atoms with van der Waals surface area (Å²) in [5, 5.41) is 34.3. The van der Waals surface area contributed by atoms with Crippen LogP contribution in [0.3, 0.4) is 0 Å². The number of nitrogens with two attached hydrogens (primary N) is 1. The van der Waals surface area contributed by atoms with Gasteiger partial charge in [0.15, 0.2) is 5.78 Å². The van der Waals surface area contributed by atoms with Gasteiger partial charge in [-0.2, -0.15) is 0 Å². The summed E-state index contributed by atoms with van der Waals surface area (Å²) in [6.07, 6.45) is 4.64. The average Bonchev–Trinajstić information content (AvgIpc) is 2.79. The lowest BCUT2D eigenvalue weighted by Gasteiger charge is -2.46. The quantitative estimate of drug-likeness (QED) is 0.193. The van der Waals surface area contributed by atoms with Crippen LogP contribution in [0, 0.1) is 5.92 Å². The first-order valence-electron chi connectivity index (χ1n) is 14.6. The third kappa shape index (κ3) is 12.3. The lowest BCUT2D eigenvalue weighted by Crippen LogP contribution is -2.60. The highest BCUT2D eigenvalue weighted by Gasteiger charge is 2.38. The van der Waals surface area contributed by atoms with Crippen molar-refractivity contribution < 1.29 is 24.9 Å². The van der Waals surface area contributed by atoms with E-state index in [0.29, 0.717) is 23.9 Å². The summed E-state index contributed by atoms with van der Waals surface area (Å²) in [6, 6.07) is 8.75. The molecule has 10 heteroatoms. The van der Waals surface area contributed by atoms with Crippen molar-refractivity contribution in [3.8, 4) is 11.5 Å². The highest BCUT2D eigenvalue weighted by molar-refractivity contribution is 6.32. The lowest BCUT2D eigenvalue weighted by atomic mass is 9.74. The molecule has 8 nitrogen and oxygen atoms in total. The summed E-state index contributed by atoms with van der Waals surface area (Å²) in [4.78, 5) is 22.8. The second-order valence-electron chi connectivity index (χ2n) is 14.5. The molecule has 0 radical (unpaired) electrons. The Labute approximate surface area is 266 Å². The highest BCUT2D eigenvalue weighted by atomic mass is 35.5. The lowest BCUT2D eigenvalue weighted by molar-refractivity contribution is 0.0696. The van der Waals surface area contributed by atoms with Crippen LogP contribution in [0.15, 0.2) is 36.4 Å². The molecule has 4 rings (SSSR count). The van der Waals surface area contributed by atoms with E-state index in [1.165, 1.54) is 24.3 Å².